The molecule has 162 valence electrons. The monoisotopic (exact) mass is 429 g/mol. The number of para-hydroxylation sites is 1. The van der Waals surface area contributed by atoms with E-state index in [-0.39, 0.29) is 0 Å². The molecule has 0 unspecified atom stereocenters. The standard InChI is InChI=1S/C25H23N3O4/c1-17-18(2)28(20-7-5-4-6-8-20)25(22(17)15-26)27-23(29)16-32-24(30)14-11-19-9-12-21(31-3)13-10-19/h4-14H,16H2,1-3H3,(H,27,29)/b14-11+. The van der Waals surface area contributed by atoms with Gasteiger partial charge in [0.05, 0.1) is 12.7 Å². The van der Waals surface area contributed by atoms with Crippen LogP contribution in [0.4, 0.5) is 5.82 Å². The van der Waals surface area contributed by atoms with Gasteiger partial charge in [-0.1, -0.05) is 30.3 Å². The van der Waals surface area contributed by atoms with E-state index in [0.717, 1.165) is 22.5 Å². The van der Waals surface area contributed by atoms with Gasteiger partial charge >= 0.3 is 5.97 Å². The van der Waals surface area contributed by atoms with E-state index in [0.29, 0.717) is 17.1 Å². The van der Waals surface area contributed by atoms with Gasteiger partial charge in [-0.05, 0) is 55.3 Å². The Labute approximate surface area is 186 Å². The molecule has 0 bridgehead atoms. The third-order valence-corrected chi connectivity index (χ3v) is 4.97. The largest absolute Gasteiger partial charge is 0.497 e. The molecule has 0 atom stereocenters. The van der Waals surface area contributed by atoms with E-state index in [4.69, 9.17) is 9.47 Å². The van der Waals surface area contributed by atoms with Crippen LogP contribution in [0, 0.1) is 25.2 Å². The fraction of sp³-hybridized carbons (Fsp3) is 0.160. The van der Waals surface area contributed by atoms with Gasteiger partial charge in [-0.2, -0.15) is 5.26 Å². The Kier molecular flexibility index (Phi) is 7.09. The molecule has 0 aliphatic heterocycles. The summed E-state index contributed by atoms with van der Waals surface area (Å²) in [6, 6.07) is 18.7. The van der Waals surface area contributed by atoms with Crippen LogP contribution in [0.25, 0.3) is 11.8 Å². The minimum absolute atomic E-state index is 0.350. The molecule has 0 aliphatic rings. The first kappa shape index (κ1) is 22.4. The summed E-state index contributed by atoms with van der Waals surface area (Å²) in [7, 11) is 1.58. The number of aromatic nitrogens is 1. The van der Waals surface area contributed by atoms with Crippen molar-refractivity contribution in [2.45, 2.75) is 13.8 Å². The number of carbonyl (C=O) groups excluding carboxylic acids is 2. The minimum atomic E-state index is -0.651. The molecule has 0 saturated carbocycles. The molecule has 0 fully saturated rings. The topological polar surface area (TPSA) is 93.3 Å². The van der Waals surface area contributed by atoms with Crippen LogP contribution >= 0.6 is 0 Å². The van der Waals surface area contributed by atoms with Gasteiger partial charge in [0.25, 0.3) is 5.91 Å². The van der Waals surface area contributed by atoms with Crippen molar-refractivity contribution in [3.8, 4) is 17.5 Å². The number of esters is 1. The lowest BCUT2D eigenvalue weighted by Gasteiger charge is -2.13. The van der Waals surface area contributed by atoms with E-state index in [1.54, 1.807) is 42.0 Å². The lowest BCUT2D eigenvalue weighted by Crippen LogP contribution is -2.22. The van der Waals surface area contributed by atoms with Crippen LogP contribution in [0.3, 0.4) is 0 Å². The van der Waals surface area contributed by atoms with Crippen LogP contribution in [-0.4, -0.2) is 30.2 Å². The third-order valence-electron chi connectivity index (χ3n) is 4.97. The predicted molar refractivity (Wildman–Crippen MR) is 122 cm³/mol. The first-order valence-electron chi connectivity index (χ1n) is 9.90. The number of nitriles is 1. The van der Waals surface area contributed by atoms with Gasteiger partial charge in [0, 0.05) is 17.5 Å². The van der Waals surface area contributed by atoms with Crippen molar-refractivity contribution >= 4 is 23.8 Å². The molecule has 1 N–H and O–H groups in total. The maximum Gasteiger partial charge on any atom is 0.331 e. The van der Waals surface area contributed by atoms with Gasteiger partial charge in [0.15, 0.2) is 6.61 Å². The lowest BCUT2D eigenvalue weighted by atomic mass is 10.2. The van der Waals surface area contributed by atoms with Gasteiger partial charge < -0.3 is 14.8 Å². The fourth-order valence-electron chi connectivity index (χ4n) is 3.19. The molecule has 2 aromatic carbocycles. The van der Waals surface area contributed by atoms with Crippen molar-refractivity contribution in [1.29, 1.82) is 5.26 Å². The third kappa shape index (κ3) is 5.05. The van der Waals surface area contributed by atoms with Crippen LogP contribution in [-0.2, 0) is 14.3 Å². The number of hydrogen-bond acceptors (Lipinski definition) is 5. The number of nitrogens with zero attached hydrogens (tertiary/aromatic N) is 2. The summed E-state index contributed by atoms with van der Waals surface area (Å²) in [5, 5.41) is 12.3. The average Bonchev–Trinajstić information content (AvgIpc) is 3.05. The Morgan fingerprint density at radius 2 is 1.78 bits per heavy atom. The molecule has 1 amide bonds. The van der Waals surface area contributed by atoms with Crippen LogP contribution < -0.4 is 10.1 Å². The highest BCUT2D eigenvalue weighted by atomic mass is 16.5. The van der Waals surface area contributed by atoms with Crippen LogP contribution in [0.2, 0.25) is 0 Å². The van der Waals surface area contributed by atoms with Gasteiger partial charge in [0.1, 0.15) is 17.6 Å². The molecule has 0 spiro atoms. The zero-order chi connectivity index (χ0) is 23.1. The molecule has 32 heavy (non-hydrogen) atoms. The van der Waals surface area contributed by atoms with E-state index in [1.807, 2.05) is 44.2 Å². The summed E-state index contributed by atoms with van der Waals surface area (Å²) in [4.78, 5) is 24.5. The van der Waals surface area contributed by atoms with E-state index in [9.17, 15) is 14.9 Å². The summed E-state index contributed by atoms with van der Waals surface area (Å²) >= 11 is 0. The second-order valence-corrected chi connectivity index (χ2v) is 6.98. The van der Waals surface area contributed by atoms with Crippen molar-refractivity contribution in [2.75, 3.05) is 19.0 Å². The summed E-state index contributed by atoms with van der Waals surface area (Å²) < 4.78 is 11.9. The molecule has 3 aromatic rings. The van der Waals surface area contributed by atoms with Crippen LogP contribution in [0.5, 0.6) is 5.75 Å². The molecule has 1 heterocycles. The normalized spacial score (nSPS) is 10.6. The number of hydrogen-bond donors (Lipinski definition) is 1. The van der Waals surface area contributed by atoms with Crippen molar-refractivity contribution in [3.63, 3.8) is 0 Å². The Morgan fingerprint density at radius 1 is 1.09 bits per heavy atom. The van der Waals surface area contributed by atoms with Crippen molar-refractivity contribution < 1.29 is 19.1 Å². The Bertz CT molecular complexity index is 1190. The summed E-state index contributed by atoms with van der Waals surface area (Å²) in [5.41, 5.74) is 3.57. The molecule has 7 heteroatoms. The molecule has 0 aliphatic carbocycles. The molecular weight excluding hydrogens is 406 g/mol. The van der Waals surface area contributed by atoms with Crippen molar-refractivity contribution in [2.24, 2.45) is 0 Å². The molecule has 3 rings (SSSR count). The first-order valence-corrected chi connectivity index (χ1v) is 9.90. The minimum Gasteiger partial charge on any atom is -0.497 e. The Morgan fingerprint density at radius 3 is 2.41 bits per heavy atom. The molecule has 0 saturated heterocycles. The number of ether oxygens (including phenoxy) is 2. The highest BCUT2D eigenvalue weighted by molar-refractivity contribution is 5.95. The fourth-order valence-corrected chi connectivity index (χ4v) is 3.19. The lowest BCUT2D eigenvalue weighted by molar-refractivity contribution is -0.142. The van der Waals surface area contributed by atoms with Crippen molar-refractivity contribution in [1.82, 2.24) is 4.57 Å². The second kappa shape index (κ2) is 10.1. The summed E-state index contributed by atoms with van der Waals surface area (Å²) in [6.45, 7) is 3.23. The second-order valence-electron chi connectivity index (χ2n) is 6.98. The quantitative estimate of drug-likeness (QED) is 0.449. The van der Waals surface area contributed by atoms with E-state index >= 15 is 0 Å². The van der Waals surface area contributed by atoms with Crippen LogP contribution in [0.15, 0.2) is 60.7 Å². The SMILES string of the molecule is COc1ccc(/C=C/C(=O)OCC(=O)Nc2c(C#N)c(C)c(C)n2-c2ccccc2)cc1. The number of benzene rings is 2. The smallest absolute Gasteiger partial charge is 0.331 e. The molecular formula is C25H23N3O4. The molecule has 7 nitrogen and oxygen atoms in total. The number of rotatable bonds is 7. The van der Waals surface area contributed by atoms with Gasteiger partial charge in [-0.25, -0.2) is 4.79 Å². The number of anilines is 1. The van der Waals surface area contributed by atoms with E-state index < -0.39 is 18.5 Å². The number of nitrogens with one attached hydrogen (secondary N) is 1. The maximum absolute atomic E-state index is 12.5. The maximum atomic E-state index is 12.5. The number of methoxy groups -OCH3 is 1. The zero-order valence-electron chi connectivity index (χ0n) is 18.1. The molecule has 0 radical (unpaired) electrons. The van der Waals surface area contributed by atoms with Crippen molar-refractivity contribution in [3.05, 3.63) is 83.1 Å². The van der Waals surface area contributed by atoms with Crippen LogP contribution in [0.1, 0.15) is 22.4 Å². The highest BCUT2D eigenvalue weighted by Gasteiger charge is 2.21. The van der Waals surface area contributed by atoms with E-state index in [1.165, 1.54) is 6.08 Å². The first-order chi connectivity index (χ1) is 15.4. The van der Waals surface area contributed by atoms with Gasteiger partial charge in [0.2, 0.25) is 0 Å². The predicted octanol–water partition coefficient (Wildman–Crippen LogP) is 4.17. The summed E-state index contributed by atoms with van der Waals surface area (Å²) in [6.07, 6.45) is 2.83. The Balaban J connectivity index is 1.68. The molecule has 1 aromatic heterocycles. The highest BCUT2D eigenvalue weighted by Crippen LogP contribution is 2.29. The zero-order valence-corrected chi connectivity index (χ0v) is 18.1. The average molecular weight is 429 g/mol. The number of amides is 1. The number of carbonyl (C=O) groups is 2. The van der Waals surface area contributed by atoms with E-state index in [2.05, 4.69) is 11.4 Å². The van der Waals surface area contributed by atoms with Gasteiger partial charge in [-0.3, -0.25) is 9.36 Å². The Hall–Kier alpha value is -4.31. The van der Waals surface area contributed by atoms with Gasteiger partial charge in [-0.15, -0.1) is 0 Å². The summed E-state index contributed by atoms with van der Waals surface area (Å²) in [5.74, 6) is -0.128.